The van der Waals surface area contributed by atoms with Crippen LogP contribution in [0.1, 0.15) is 5.56 Å². The number of ether oxygens (including phenoxy) is 1. The number of aromatic nitrogens is 4. The largest absolute Gasteiger partial charge is 0.497 e. The summed E-state index contributed by atoms with van der Waals surface area (Å²) in [6.07, 6.45) is 3.56. The van der Waals surface area contributed by atoms with Crippen LogP contribution in [0, 0.1) is 6.92 Å². The second-order valence-electron chi connectivity index (χ2n) is 7.28. The lowest BCUT2D eigenvalue weighted by Gasteiger charge is -2.08. The van der Waals surface area contributed by atoms with Gasteiger partial charge in [-0.2, -0.15) is 0 Å². The fraction of sp³-hybridized carbons (Fsp3) is 0.125. The van der Waals surface area contributed by atoms with Crippen LogP contribution in [0.3, 0.4) is 0 Å². The molecule has 0 spiro atoms. The van der Waals surface area contributed by atoms with E-state index in [0.717, 1.165) is 55.8 Å². The zero-order valence-electron chi connectivity index (χ0n) is 17.5. The number of hydrogen-bond donors (Lipinski definition) is 1. The Kier molecular flexibility index (Phi) is 4.88. The Balaban J connectivity index is 1.49. The highest BCUT2D eigenvalue weighted by atomic mass is 32.1. The molecule has 0 fully saturated rings. The van der Waals surface area contributed by atoms with E-state index < -0.39 is 0 Å². The standard InChI is InChI=1S/C24H21N5OS/c1-15-11-22-20(26-23(29(22)2)17-5-4-6-18(12-17)30-3)13-19(15)27-24-28-21(14-31-24)16-7-9-25-10-8-16/h4-14H,1-3H3,(H,27,28). The Morgan fingerprint density at radius 1 is 1.00 bits per heavy atom. The number of methoxy groups -OCH3 is 1. The third-order valence-electron chi connectivity index (χ3n) is 5.28. The quantitative estimate of drug-likeness (QED) is 0.383. The van der Waals surface area contributed by atoms with Gasteiger partial charge in [0, 0.05) is 41.6 Å². The van der Waals surface area contributed by atoms with E-state index in [2.05, 4.69) is 33.9 Å². The summed E-state index contributed by atoms with van der Waals surface area (Å²) in [6.45, 7) is 2.09. The first-order chi connectivity index (χ1) is 15.1. The highest BCUT2D eigenvalue weighted by Crippen LogP contribution is 2.32. The van der Waals surface area contributed by atoms with Gasteiger partial charge in [0.25, 0.3) is 0 Å². The van der Waals surface area contributed by atoms with Crippen LogP contribution in [0.25, 0.3) is 33.7 Å². The van der Waals surface area contributed by atoms with E-state index in [-0.39, 0.29) is 0 Å². The lowest BCUT2D eigenvalue weighted by molar-refractivity contribution is 0.415. The van der Waals surface area contributed by atoms with Gasteiger partial charge < -0.3 is 14.6 Å². The summed E-state index contributed by atoms with van der Waals surface area (Å²) in [5.74, 6) is 1.72. The molecule has 7 heteroatoms. The van der Waals surface area contributed by atoms with Crippen LogP contribution < -0.4 is 10.1 Å². The Hall–Kier alpha value is -3.71. The molecule has 0 atom stereocenters. The molecule has 2 aromatic carbocycles. The van der Waals surface area contributed by atoms with Crippen molar-refractivity contribution in [3.8, 4) is 28.4 Å². The van der Waals surface area contributed by atoms with E-state index in [9.17, 15) is 0 Å². The number of imidazole rings is 1. The van der Waals surface area contributed by atoms with E-state index in [0.29, 0.717) is 0 Å². The number of benzene rings is 2. The highest BCUT2D eigenvalue weighted by Gasteiger charge is 2.14. The molecule has 0 bridgehead atoms. The summed E-state index contributed by atoms with van der Waals surface area (Å²) in [7, 11) is 3.71. The average Bonchev–Trinajstić information content (AvgIpc) is 3.40. The van der Waals surface area contributed by atoms with Gasteiger partial charge in [-0.3, -0.25) is 4.98 Å². The van der Waals surface area contributed by atoms with E-state index in [1.165, 1.54) is 0 Å². The van der Waals surface area contributed by atoms with Crippen molar-refractivity contribution in [2.45, 2.75) is 6.92 Å². The minimum absolute atomic E-state index is 0.817. The van der Waals surface area contributed by atoms with Crippen LogP contribution in [0.5, 0.6) is 5.75 Å². The maximum Gasteiger partial charge on any atom is 0.187 e. The zero-order chi connectivity index (χ0) is 21.4. The second kappa shape index (κ2) is 7.85. The molecule has 0 saturated carbocycles. The molecule has 0 aliphatic carbocycles. The molecule has 0 aliphatic heterocycles. The lowest BCUT2D eigenvalue weighted by atomic mass is 10.1. The van der Waals surface area contributed by atoms with Crippen LogP contribution >= 0.6 is 11.3 Å². The minimum atomic E-state index is 0.817. The van der Waals surface area contributed by atoms with Crippen molar-refractivity contribution in [3.05, 3.63) is 71.9 Å². The van der Waals surface area contributed by atoms with Crippen molar-refractivity contribution in [3.63, 3.8) is 0 Å². The molecular weight excluding hydrogens is 406 g/mol. The maximum absolute atomic E-state index is 5.37. The van der Waals surface area contributed by atoms with Crippen molar-refractivity contribution in [2.24, 2.45) is 7.05 Å². The molecule has 0 saturated heterocycles. The molecular formula is C24H21N5OS. The molecule has 1 N–H and O–H groups in total. The first-order valence-corrected chi connectivity index (χ1v) is 10.7. The second-order valence-corrected chi connectivity index (χ2v) is 8.14. The molecule has 31 heavy (non-hydrogen) atoms. The van der Waals surface area contributed by atoms with Crippen molar-refractivity contribution in [1.82, 2.24) is 19.5 Å². The summed E-state index contributed by atoms with van der Waals surface area (Å²) < 4.78 is 7.49. The molecule has 154 valence electrons. The minimum Gasteiger partial charge on any atom is -0.497 e. The molecule has 5 aromatic rings. The number of thiazole rings is 1. The third kappa shape index (κ3) is 3.64. The molecule has 3 heterocycles. The summed E-state index contributed by atoms with van der Waals surface area (Å²) in [6, 6.07) is 16.1. The molecule has 0 radical (unpaired) electrons. The monoisotopic (exact) mass is 427 g/mol. The van der Waals surface area contributed by atoms with Crippen LogP contribution in [-0.4, -0.2) is 26.6 Å². The zero-order valence-corrected chi connectivity index (χ0v) is 18.3. The fourth-order valence-electron chi connectivity index (χ4n) is 3.60. The van der Waals surface area contributed by atoms with Gasteiger partial charge >= 0.3 is 0 Å². The molecule has 0 unspecified atom stereocenters. The number of rotatable bonds is 5. The Bertz CT molecular complexity index is 1370. The molecule has 6 nitrogen and oxygen atoms in total. The summed E-state index contributed by atoms with van der Waals surface area (Å²) >= 11 is 1.58. The Morgan fingerprint density at radius 3 is 2.65 bits per heavy atom. The van der Waals surface area contributed by atoms with Gasteiger partial charge in [-0.25, -0.2) is 9.97 Å². The number of aryl methyl sites for hydroxylation is 2. The SMILES string of the molecule is COc1cccc(-c2nc3cc(Nc4nc(-c5ccncc5)cs4)c(C)cc3n2C)c1. The lowest BCUT2D eigenvalue weighted by Crippen LogP contribution is -1.95. The molecule has 0 aliphatic rings. The van der Waals surface area contributed by atoms with E-state index in [1.54, 1.807) is 30.8 Å². The summed E-state index contributed by atoms with van der Waals surface area (Å²) in [4.78, 5) is 13.7. The molecule has 5 rings (SSSR count). The Morgan fingerprint density at radius 2 is 1.84 bits per heavy atom. The van der Waals surface area contributed by atoms with Gasteiger partial charge in [0.15, 0.2) is 5.13 Å². The van der Waals surface area contributed by atoms with Crippen molar-refractivity contribution >= 4 is 33.2 Å². The van der Waals surface area contributed by atoms with Gasteiger partial charge in [-0.15, -0.1) is 11.3 Å². The van der Waals surface area contributed by atoms with E-state index >= 15 is 0 Å². The van der Waals surface area contributed by atoms with Crippen LogP contribution in [0.4, 0.5) is 10.8 Å². The van der Waals surface area contributed by atoms with Gasteiger partial charge in [0.05, 0.1) is 23.8 Å². The van der Waals surface area contributed by atoms with Gasteiger partial charge in [0.2, 0.25) is 0 Å². The average molecular weight is 428 g/mol. The number of anilines is 2. The number of nitrogens with zero attached hydrogens (tertiary/aromatic N) is 4. The molecule has 0 amide bonds. The maximum atomic E-state index is 5.37. The molecule has 3 aromatic heterocycles. The van der Waals surface area contributed by atoms with Gasteiger partial charge in [-0.05, 0) is 48.9 Å². The van der Waals surface area contributed by atoms with E-state index in [4.69, 9.17) is 14.7 Å². The van der Waals surface area contributed by atoms with E-state index in [1.807, 2.05) is 48.8 Å². The number of fused-ring (bicyclic) bond motifs is 1. The first kappa shape index (κ1) is 19.3. The Labute approximate surface area is 184 Å². The van der Waals surface area contributed by atoms with Crippen LogP contribution in [0.15, 0.2) is 66.3 Å². The highest BCUT2D eigenvalue weighted by molar-refractivity contribution is 7.14. The predicted octanol–water partition coefficient (Wildman–Crippen LogP) is 5.82. The summed E-state index contributed by atoms with van der Waals surface area (Å²) in [5.41, 5.74) is 7.15. The van der Waals surface area contributed by atoms with Crippen molar-refractivity contribution in [1.29, 1.82) is 0 Å². The van der Waals surface area contributed by atoms with Crippen molar-refractivity contribution in [2.75, 3.05) is 12.4 Å². The fourth-order valence-corrected chi connectivity index (χ4v) is 4.33. The van der Waals surface area contributed by atoms with Crippen LogP contribution in [-0.2, 0) is 7.05 Å². The number of nitrogens with one attached hydrogen (secondary N) is 1. The topological polar surface area (TPSA) is 64.9 Å². The van der Waals surface area contributed by atoms with Gasteiger partial charge in [-0.1, -0.05) is 12.1 Å². The smallest absolute Gasteiger partial charge is 0.187 e. The normalized spacial score (nSPS) is 11.1. The first-order valence-electron chi connectivity index (χ1n) is 9.87. The van der Waals surface area contributed by atoms with Crippen LogP contribution in [0.2, 0.25) is 0 Å². The third-order valence-corrected chi connectivity index (χ3v) is 6.03. The number of hydrogen-bond acceptors (Lipinski definition) is 6. The van der Waals surface area contributed by atoms with Crippen molar-refractivity contribution < 1.29 is 4.74 Å². The number of pyridine rings is 1. The predicted molar refractivity (Wildman–Crippen MR) is 126 cm³/mol. The summed E-state index contributed by atoms with van der Waals surface area (Å²) in [5, 5.41) is 6.36. The van der Waals surface area contributed by atoms with Gasteiger partial charge in [0.1, 0.15) is 11.6 Å².